The molecule has 43 heavy (non-hydrogen) atoms. The molecule has 3 aromatic heterocycles. The first-order valence-corrected chi connectivity index (χ1v) is 12.9. The third-order valence-electron chi connectivity index (χ3n) is 6.36. The van der Waals surface area contributed by atoms with Crippen LogP contribution in [-0.2, 0) is 0 Å². The largest absolute Gasteiger partial charge is 0.258 e. The first-order valence-electron chi connectivity index (χ1n) is 15.1. The zero-order chi connectivity index (χ0) is 35.3. The topological polar surface area (TPSA) is 130 Å². The van der Waals surface area contributed by atoms with E-state index in [2.05, 4.69) is 9.69 Å². The van der Waals surface area contributed by atoms with E-state index in [9.17, 15) is 21.0 Å². The van der Waals surface area contributed by atoms with E-state index in [1.54, 1.807) is 41.8 Å². The third-order valence-corrected chi connectivity index (χ3v) is 7.28. The van der Waals surface area contributed by atoms with E-state index in [0.29, 0.717) is 31.9 Å². The lowest BCUT2D eigenvalue weighted by atomic mass is 10.0. The van der Waals surface area contributed by atoms with Gasteiger partial charge < -0.3 is 0 Å². The Kier molecular flexibility index (Phi) is 4.94. The van der Waals surface area contributed by atoms with Crippen molar-refractivity contribution in [2.45, 2.75) is 0 Å². The van der Waals surface area contributed by atoms with E-state index >= 15 is 0 Å². The Morgan fingerprint density at radius 3 is 2.00 bits per heavy atom. The summed E-state index contributed by atoms with van der Waals surface area (Å²) in [5.41, 5.74) is -1.95. The molecule has 9 heteroatoms. The van der Waals surface area contributed by atoms with Crippen LogP contribution in [0.25, 0.3) is 52.9 Å². The van der Waals surface area contributed by atoms with Crippen LogP contribution in [0.15, 0.2) is 72.0 Å². The van der Waals surface area contributed by atoms with Crippen LogP contribution in [0.3, 0.4) is 0 Å². The first-order chi connectivity index (χ1) is 23.6. The lowest BCUT2D eigenvalue weighted by molar-refractivity contribution is 1.30. The molecule has 3 aromatic carbocycles. The van der Waals surface area contributed by atoms with Gasteiger partial charge in [-0.1, -0.05) is 6.07 Å². The van der Waals surface area contributed by atoms with Gasteiger partial charge in [0.25, 0.3) is 0 Å². The predicted octanol–water partition coefficient (Wildman–Crippen LogP) is 5.96. The molecule has 0 saturated carbocycles. The van der Waals surface area contributed by atoms with Gasteiger partial charge in [0, 0.05) is 23.1 Å². The molecule has 0 amide bonds. The molecule has 194 valence electrons. The van der Waals surface area contributed by atoms with Crippen LogP contribution >= 0.6 is 11.3 Å². The molecule has 6 rings (SSSR count). The molecule has 3 heterocycles. The van der Waals surface area contributed by atoms with Gasteiger partial charge in [-0.15, -0.1) is 11.3 Å². The summed E-state index contributed by atoms with van der Waals surface area (Å²) in [5.74, 6) is 0. The van der Waals surface area contributed by atoms with Gasteiger partial charge in [0.15, 0.2) is 5.69 Å². The highest BCUT2D eigenvalue weighted by atomic mass is 32.1. The van der Waals surface area contributed by atoms with Crippen molar-refractivity contribution in [2.24, 2.45) is 0 Å². The average molecular weight is 571 g/mol. The van der Waals surface area contributed by atoms with Crippen LogP contribution in [0, 0.1) is 58.5 Å². The number of hydrogen-bond acceptors (Lipinski definition) is 7. The molecular weight excluding hydrogens is 552 g/mol. The molecule has 8 nitrogen and oxygen atoms in total. The molecular formula is C34H12N8S. The molecule has 0 bridgehead atoms. The van der Waals surface area contributed by atoms with Crippen molar-refractivity contribution in [3.8, 4) is 24.3 Å². The highest BCUT2D eigenvalue weighted by Gasteiger charge is 2.15. The van der Waals surface area contributed by atoms with Gasteiger partial charge in [0.2, 0.25) is 5.70 Å². The Labute approximate surface area is 256 Å². The van der Waals surface area contributed by atoms with Crippen molar-refractivity contribution >= 4 is 60.2 Å². The Balaban J connectivity index is 1.71. The maximum atomic E-state index is 10.2. The van der Waals surface area contributed by atoms with E-state index in [1.807, 2.05) is 6.07 Å². The summed E-state index contributed by atoms with van der Waals surface area (Å²) >= 11 is 1.31. The van der Waals surface area contributed by atoms with Crippen LogP contribution in [-0.4, -0.2) is 9.97 Å². The number of benzene rings is 3. The maximum Gasteiger partial charge on any atom is 0.219 e. The molecule has 0 aliphatic rings. The Bertz CT molecular complexity index is 2650. The molecule has 0 saturated heterocycles. The predicted molar refractivity (Wildman–Crippen MR) is 162 cm³/mol. The number of nitriles is 4. The molecule has 0 aliphatic carbocycles. The fourth-order valence-electron chi connectivity index (χ4n) is 4.56. The summed E-state index contributed by atoms with van der Waals surface area (Å²) in [7, 11) is 0. The van der Waals surface area contributed by atoms with Crippen molar-refractivity contribution < 1.29 is 8.22 Å². The highest BCUT2D eigenvalue weighted by Crippen LogP contribution is 2.35. The van der Waals surface area contributed by atoms with Gasteiger partial charge in [-0.2, -0.15) is 21.0 Å². The van der Waals surface area contributed by atoms with E-state index in [-0.39, 0.29) is 33.1 Å². The van der Waals surface area contributed by atoms with Crippen LogP contribution in [0.5, 0.6) is 0 Å². The van der Waals surface area contributed by atoms with Gasteiger partial charge in [0.05, 0.1) is 81.3 Å². The van der Waals surface area contributed by atoms with Gasteiger partial charge in [0.1, 0.15) is 6.07 Å². The van der Waals surface area contributed by atoms with Crippen LogP contribution in [0.1, 0.15) is 36.0 Å². The molecule has 0 spiro atoms. The Morgan fingerprint density at radius 2 is 1.35 bits per heavy atom. The fraction of sp³-hybridized carbons (Fsp3) is 0. The summed E-state index contributed by atoms with van der Waals surface area (Å²) in [4.78, 5) is 16.2. The summed E-state index contributed by atoms with van der Waals surface area (Å²) in [6.45, 7) is 15.3. The number of aromatic nitrogens is 2. The summed E-state index contributed by atoms with van der Waals surface area (Å²) in [6, 6.07) is 12.0. The standard InChI is InChI=1S/C34H12N8S/c1-39-24-13-21(17-37)10-22(14-24)28(18-38)29-5-3-25-26-4-6-30(42-33(26)34-27(7-8-43-34)32(25)41-29)31(40-2)23-11-19(15-35)9-20(12-23)16-36/h3-14H/b29-28-,31-30-/i9D,10D,11D,12D,13D,14D. The maximum absolute atomic E-state index is 10.2. The number of rotatable bonds is 2. The lowest BCUT2D eigenvalue weighted by Gasteiger charge is -2.08. The van der Waals surface area contributed by atoms with Gasteiger partial charge in [-0.3, -0.25) is 4.98 Å². The van der Waals surface area contributed by atoms with Crippen molar-refractivity contribution in [1.29, 1.82) is 21.0 Å². The molecule has 0 radical (unpaired) electrons. The van der Waals surface area contributed by atoms with E-state index in [1.165, 1.54) is 23.5 Å². The normalized spacial score (nSPS) is 13.8. The first kappa shape index (κ1) is 20.1. The van der Waals surface area contributed by atoms with Crippen molar-refractivity contribution in [2.75, 3.05) is 0 Å². The zero-order valence-electron chi connectivity index (χ0n) is 27.5. The Morgan fingerprint density at radius 1 is 0.721 bits per heavy atom. The number of nitrogens with zero attached hydrogens (tertiary/aromatic N) is 8. The quantitative estimate of drug-likeness (QED) is 0.186. The number of fused-ring (bicyclic) bond motifs is 6. The molecule has 0 aliphatic heterocycles. The van der Waals surface area contributed by atoms with Gasteiger partial charge in [-0.05, 0) is 77.0 Å². The number of hydrogen-bond donors (Lipinski definition) is 0. The molecule has 0 N–H and O–H groups in total. The third kappa shape index (κ3) is 4.44. The van der Waals surface area contributed by atoms with Crippen LogP contribution in [0.2, 0.25) is 0 Å². The molecule has 6 aromatic rings. The number of pyridine rings is 2. The fourth-order valence-corrected chi connectivity index (χ4v) is 5.45. The molecule has 0 fully saturated rings. The number of thiophene rings is 1. The summed E-state index contributed by atoms with van der Waals surface area (Å²) < 4.78 is 50.9. The SMILES string of the molecule is [2H]c1c(C#N)c([2H])c(/C([N+]#[C-])=c2\ccc3c4cc/c(=C(\C#N)c5c([2H])c(C#N)c([2H])c([N+]#[C-])c5[2H])nc4c4ccsc4c3n2)c([2H])c1C#N. The lowest BCUT2D eigenvalue weighted by Crippen LogP contribution is -2.13. The second-order valence-electron chi connectivity index (χ2n) is 8.72. The van der Waals surface area contributed by atoms with Crippen molar-refractivity contribution in [3.63, 3.8) is 0 Å². The van der Waals surface area contributed by atoms with E-state index in [4.69, 9.17) is 31.3 Å². The summed E-state index contributed by atoms with van der Waals surface area (Å²) in [6.07, 6.45) is 0. The minimum atomic E-state index is -0.557. The van der Waals surface area contributed by atoms with E-state index < -0.39 is 58.6 Å². The van der Waals surface area contributed by atoms with Crippen LogP contribution < -0.4 is 10.7 Å². The monoisotopic (exact) mass is 570 g/mol. The second-order valence-corrected chi connectivity index (χ2v) is 9.63. The second kappa shape index (κ2) is 10.6. The molecule has 0 unspecified atom stereocenters. The van der Waals surface area contributed by atoms with Crippen molar-refractivity contribution in [3.05, 3.63) is 133 Å². The summed E-state index contributed by atoms with van der Waals surface area (Å²) in [5, 5.41) is 42.7. The zero-order valence-corrected chi connectivity index (χ0v) is 22.3. The Hall–Kier alpha value is -6.88. The average Bonchev–Trinajstić information content (AvgIpc) is 3.60. The van der Waals surface area contributed by atoms with Crippen molar-refractivity contribution in [1.82, 2.24) is 9.97 Å². The molecule has 0 atom stereocenters. The van der Waals surface area contributed by atoms with Gasteiger partial charge in [-0.25, -0.2) is 14.7 Å². The smallest absolute Gasteiger partial charge is 0.219 e. The van der Waals surface area contributed by atoms with Gasteiger partial charge >= 0.3 is 0 Å². The van der Waals surface area contributed by atoms with Crippen LogP contribution in [0.4, 0.5) is 5.69 Å². The minimum absolute atomic E-state index is 0.0694. The highest BCUT2D eigenvalue weighted by molar-refractivity contribution is 7.18. The minimum Gasteiger partial charge on any atom is -0.258 e. The van der Waals surface area contributed by atoms with E-state index in [0.717, 1.165) is 0 Å².